The van der Waals surface area contributed by atoms with Crippen LogP contribution in [0.3, 0.4) is 0 Å². The lowest BCUT2D eigenvalue weighted by atomic mass is 10.0. The maximum atomic E-state index is 12.7. The summed E-state index contributed by atoms with van der Waals surface area (Å²) in [5.74, 6) is -0.522. The molecule has 0 radical (unpaired) electrons. The summed E-state index contributed by atoms with van der Waals surface area (Å²) in [5, 5.41) is 0.767. The summed E-state index contributed by atoms with van der Waals surface area (Å²) in [6.45, 7) is -0.107. The van der Waals surface area contributed by atoms with Crippen LogP contribution in [0.4, 0.5) is 0 Å². The van der Waals surface area contributed by atoms with Gasteiger partial charge in [-0.05, 0) is 28.8 Å². The van der Waals surface area contributed by atoms with Crippen LogP contribution in [0.15, 0.2) is 94.4 Å². The van der Waals surface area contributed by atoms with Gasteiger partial charge in [0.05, 0.1) is 6.33 Å². The molecule has 5 rings (SSSR count). The van der Waals surface area contributed by atoms with E-state index in [1.807, 2.05) is 72.8 Å². The van der Waals surface area contributed by atoms with Crippen LogP contribution in [-0.4, -0.2) is 15.5 Å². The SMILES string of the molecule is O=C(Cn1cnc2c(oc3ccccc32)c1=O)OCc1ccc(-c2ccccc2)cc1. The highest BCUT2D eigenvalue weighted by Gasteiger charge is 2.15. The number of aromatic nitrogens is 2. The lowest BCUT2D eigenvalue weighted by Crippen LogP contribution is -2.25. The Hall–Kier alpha value is -4.19. The first kappa shape index (κ1) is 18.8. The average Bonchev–Trinajstić information content (AvgIpc) is 3.20. The summed E-state index contributed by atoms with van der Waals surface area (Å²) in [6.07, 6.45) is 1.35. The van der Waals surface area contributed by atoms with Crippen molar-refractivity contribution in [2.75, 3.05) is 0 Å². The fourth-order valence-electron chi connectivity index (χ4n) is 3.50. The number of benzene rings is 3. The second kappa shape index (κ2) is 7.91. The first-order valence-corrected chi connectivity index (χ1v) is 9.86. The maximum absolute atomic E-state index is 12.7. The molecule has 0 bridgehead atoms. The van der Waals surface area contributed by atoms with Crippen LogP contribution >= 0.6 is 0 Å². The quantitative estimate of drug-likeness (QED) is 0.397. The fraction of sp³-hybridized carbons (Fsp3) is 0.0800. The Morgan fingerprint density at radius 2 is 1.61 bits per heavy atom. The molecular weight excluding hydrogens is 392 g/mol. The summed E-state index contributed by atoms with van der Waals surface area (Å²) in [5.41, 5.74) is 3.88. The molecule has 2 aromatic heterocycles. The topological polar surface area (TPSA) is 74.3 Å². The number of carbonyl (C=O) groups is 1. The Morgan fingerprint density at radius 3 is 2.42 bits per heavy atom. The van der Waals surface area contributed by atoms with E-state index in [1.165, 1.54) is 10.9 Å². The van der Waals surface area contributed by atoms with Gasteiger partial charge in [0.25, 0.3) is 5.56 Å². The van der Waals surface area contributed by atoms with Crippen molar-refractivity contribution in [1.82, 2.24) is 9.55 Å². The molecule has 31 heavy (non-hydrogen) atoms. The predicted octanol–water partition coefficient (Wildman–Crippen LogP) is 4.55. The zero-order chi connectivity index (χ0) is 21.2. The molecule has 152 valence electrons. The van der Waals surface area contributed by atoms with E-state index in [9.17, 15) is 9.59 Å². The Bertz CT molecular complexity index is 1430. The number of hydrogen-bond acceptors (Lipinski definition) is 5. The number of para-hydroxylation sites is 1. The molecule has 6 nitrogen and oxygen atoms in total. The Morgan fingerprint density at radius 1 is 0.903 bits per heavy atom. The van der Waals surface area contributed by atoms with E-state index in [2.05, 4.69) is 4.98 Å². The van der Waals surface area contributed by atoms with Crippen molar-refractivity contribution in [3.8, 4) is 11.1 Å². The highest BCUT2D eigenvalue weighted by molar-refractivity contribution is 6.01. The first-order chi connectivity index (χ1) is 15.2. The summed E-state index contributed by atoms with van der Waals surface area (Å²) in [7, 11) is 0. The number of hydrogen-bond donors (Lipinski definition) is 0. The smallest absolute Gasteiger partial charge is 0.326 e. The minimum Gasteiger partial charge on any atom is -0.459 e. The number of nitrogens with zero attached hydrogens (tertiary/aromatic N) is 2. The van der Waals surface area contributed by atoms with Crippen LogP contribution < -0.4 is 5.56 Å². The van der Waals surface area contributed by atoms with Crippen molar-refractivity contribution in [2.45, 2.75) is 13.2 Å². The molecule has 0 atom stereocenters. The minimum atomic E-state index is -0.522. The van der Waals surface area contributed by atoms with Gasteiger partial charge >= 0.3 is 5.97 Å². The average molecular weight is 410 g/mol. The summed E-state index contributed by atoms with van der Waals surface area (Å²) in [6, 6.07) is 25.2. The highest BCUT2D eigenvalue weighted by atomic mass is 16.5. The predicted molar refractivity (Wildman–Crippen MR) is 117 cm³/mol. The maximum Gasteiger partial charge on any atom is 0.326 e. The molecule has 6 heteroatoms. The van der Waals surface area contributed by atoms with Crippen molar-refractivity contribution < 1.29 is 13.9 Å². The van der Waals surface area contributed by atoms with E-state index in [0.717, 1.165) is 22.1 Å². The summed E-state index contributed by atoms with van der Waals surface area (Å²) < 4.78 is 12.2. The van der Waals surface area contributed by atoms with Crippen LogP contribution in [-0.2, 0) is 22.7 Å². The lowest BCUT2D eigenvalue weighted by Gasteiger charge is -2.08. The lowest BCUT2D eigenvalue weighted by molar-refractivity contribution is -0.145. The third-order valence-corrected chi connectivity index (χ3v) is 5.11. The molecule has 0 amide bonds. The van der Waals surface area contributed by atoms with Gasteiger partial charge in [0.1, 0.15) is 24.3 Å². The van der Waals surface area contributed by atoms with Crippen LogP contribution in [0.5, 0.6) is 0 Å². The Labute approximate surface area is 177 Å². The molecule has 0 unspecified atom stereocenters. The summed E-state index contributed by atoms with van der Waals surface area (Å²) in [4.78, 5) is 29.3. The number of furan rings is 1. The van der Waals surface area contributed by atoms with Crippen LogP contribution in [0, 0.1) is 0 Å². The van der Waals surface area contributed by atoms with E-state index >= 15 is 0 Å². The van der Waals surface area contributed by atoms with Gasteiger partial charge < -0.3 is 9.15 Å². The highest BCUT2D eigenvalue weighted by Crippen LogP contribution is 2.24. The molecule has 0 N–H and O–H groups in total. The van der Waals surface area contributed by atoms with Crippen LogP contribution in [0.2, 0.25) is 0 Å². The fourth-order valence-corrected chi connectivity index (χ4v) is 3.50. The number of ether oxygens (including phenoxy) is 1. The number of esters is 1. The van der Waals surface area contributed by atoms with Crippen molar-refractivity contribution >= 4 is 28.0 Å². The van der Waals surface area contributed by atoms with Crippen LogP contribution in [0.1, 0.15) is 5.56 Å². The van der Waals surface area contributed by atoms with Gasteiger partial charge in [0.15, 0.2) is 0 Å². The Kier molecular flexibility index (Phi) is 4.80. The zero-order valence-electron chi connectivity index (χ0n) is 16.5. The van der Waals surface area contributed by atoms with Gasteiger partial charge in [-0.25, -0.2) is 4.98 Å². The third kappa shape index (κ3) is 3.71. The van der Waals surface area contributed by atoms with Crippen molar-refractivity contribution in [1.29, 1.82) is 0 Å². The van der Waals surface area contributed by atoms with Gasteiger partial charge in [-0.1, -0.05) is 66.7 Å². The molecule has 0 spiro atoms. The molecule has 3 aromatic carbocycles. The molecule has 0 fully saturated rings. The van der Waals surface area contributed by atoms with Crippen LogP contribution in [0.25, 0.3) is 33.2 Å². The largest absolute Gasteiger partial charge is 0.459 e. The third-order valence-electron chi connectivity index (χ3n) is 5.11. The summed E-state index contributed by atoms with van der Waals surface area (Å²) >= 11 is 0. The minimum absolute atomic E-state index is 0.128. The van der Waals surface area contributed by atoms with Crippen molar-refractivity contribution in [3.63, 3.8) is 0 Å². The van der Waals surface area contributed by atoms with Gasteiger partial charge in [0, 0.05) is 5.39 Å². The number of carbonyl (C=O) groups excluding carboxylic acids is 1. The monoisotopic (exact) mass is 410 g/mol. The first-order valence-electron chi connectivity index (χ1n) is 9.86. The molecular formula is C25H18N2O4. The van der Waals surface area contributed by atoms with E-state index < -0.39 is 11.5 Å². The normalized spacial score (nSPS) is 11.1. The van der Waals surface area contributed by atoms with E-state index in [4.69, 9.17) is 9.15 Å². The number of fused-ring (bicyclic) bond motifs is 3. The van der Waals surface area contributed by atoms with Gasteiger partial charge in [-0.15, -0.1) is 0 Å². The molecule has 2 heterocycles. The molecule has 0 aliphatic carbocycles. The van der Waals surface area contributed by atoms with Crippen molar-refractivity contribution in [3.05, 3.63) is 101 Å². The molecule has 5 aromatic rings. The second-order valence-electron chi connectivity index (χ2n) is 7.18. The van der Waals surface area contributed by atoms with Gasteiger partial charge in [-0.2, -0.15) is 0 Å². The van der Waals surface area contributed by atoms with Gasteiger partial charge in [0.2, 0.25) is 5.58 Å². The van der Waals surface area contributed by atoms with Crippen molar-refractivity contribution in [2.24, 2.45) is 0 Å². The molecule has 0 aliphatic heterocycles. The number of rotatable bonds is 5. The Balaban J connectivity index is 1.27. The van der Waals surface area contributed by atoms with E-state index in [0.29, 0.717) is 11.1 Å². The molecule has 0 saturated heterocycles. The molecule has 0 aliphatic rings. The zero-order valence-corrected chi connectivity index (χ0v) is 16.5. The van der Waals surface area contributed by atoms with E-state index in [-0.39, 0.29) is 18.7 Å². The molecule has 0 saturated carbocycles. The van der Waals surface area contributed by atoms with Gasteiger partial charge in [-0.3, -0.25) is 14.2 Å². The second-order valence-corrected chi connectivity index (χ2v) is 7.18. The standard InChI is InChI=1S/C25H18N2O4/c28-22(30-15-17-10-12-19(13-11-17)18-6-2-1-3-7-18)14-27-16-26-23-20-8-4-5-9-21(20)31-24(23)25(27)29/h1-13,16H,14-15H2. The van der Waals surface area contributed by atoms with E-state index in [1.54, 1.807) is 6.07 Å².